The number of rotatable bonds is 5. The molecule has 0 atom stereocenters. The molecule has 0 saturated heterocycles. The van der Waals surface area contributed by atoms with E-state index in [1.165, 1.54) is 0 Å². The Morgan fingerprint density at radius 2 is 1.73 bits per heavy atom. The standard InChI is InChI=1S/C21H19N3O2/c25-20(14-6-2-1-3-7-14)24-19(21(26)23-16-10-11-16)12-15-13-22-18-9-5-4-8-17(15)18/h1-9,12-13,16,22H,10-11H2,(H,23,26)(H,24,25)/b19-12-. The number of hydrogen-bond donors (Lipinski definition) is 3. The number of fused-ring (bicyclic) bond motifs is 1. The van der Waals surface area contributed by atoms with Crippen molar-refractivity contribution in [3.63, 3.8) is 0 Å². The molecule has 0 unspecified atom stereocenters. The maximum atomic E-state index is 12.6. The Labute approximate surface area is 151 Å². The van der Waals surface area contributed by atoms with Crippen molar-refractivity contribution in [1.29, 1.82) is 0 Å². The second kappa shape index (κ2) is 6.88. The highest BCUT2D eigenvalue weighted by Crippen LogP contribution is 2.22. The number of carbonyl (C=O) groups excluding carboxylic acids is 2. The van der Waals surface area contributed by atoms with Crippen molar-refractivity contribution in [2.24, 2.45) is 0 Å². The van der Waals surface area contributed by atoms with E-state index in [4.69, 9.17) is 0 Å². The molecule has 130 valence electrons. The van der Waals surface area contributed by atoms with Crippen LogP contribution in [0.2, 0.25) is 0 Å². The van der Waals surface area contributed by atoms with Crippen LogP contribution >= 0.6 is 0 Å². The van der Waals surface area contributed by atoms with Gasteiger partial charge >= 0.3 is 0 Å². The van der Waals surface area contributed by atoms with E-state index in [0.717, 1.165) is 29.3 Å². The van der Waals surface area contributed by atoms with Gasteiger partial charge in [-0.2, -0.15) is 0 Å². The van der Waals surface area contributed by atoms with Crippen LogP contribution in [0.4, 0.5) is 0 Å². The molecule has 4 rings (SSSR count). The Bertz CT molecular complexity index is 985. The van der Waals surface area contributed by atoms with Gasteiger partial charge in [0.1, 0.15) is 5.70 Å². The van der Waals surface area contributed by atoms with Crippen LogP contribution in [0, 0.1) is 0 Å². The summed E-state index contributed by atoms with van der Waals surface area (Å²) >= 11 is 0. The molecule has 26 heavy (non-hydrogen) atoms. The average Bonchev–Trinajstić information content (AvgIpc) is 3.40. The number of benzene rings is 2. The van der Waals surface area contributed by atoms with Crippen molar-refractivity contribution >= 4 is 28.8 Å². The van der Waals surface area contributed by atoms with Crippen LogP contribution in [0.1, 0.15) is 28.8 Å². The Kier molecular flexibility index (Phi) is 4.27. The second-order valence-electron chi connectivity index (χ2n) is 6.42. The van der Waals surface area contributed by atoms with Gasteiger partial charge in [-0.15, -0.1) is 0 Å². The summed E-state index contributed by atoms with van der Waals surface area (Å²) in [6.07, 6.45) is 5.53. The Hall–Kier alpha value is -3.34. The summed E-state index contributed by atoms with van der Waals surface area (Å²) in [5.41, 5.74) is 2.59. The highest BCUT2D eigenvalue weighted by Gasteiger charge is 2.25. The lowest BCUT2D eigenvalue weighted by molar-refractivity contribution is -0.117. The molecule has 1 fully saturated rings. The zero-order chi connectivity index (χ0) is 17.9. The van der Waals surface area contributed by atoms with Crippen LogP contribution in [0.5, 0.6) is 0 Å². The van der Waals surface area contributed by atoms with E-state index in [1.807, 2.05) is 36.5 Å². The Morgan fingerprint density at radius 3 is 2.50 bits per heavy atom. The molecule has 5 heteroatoms. The van der Waals surface area contributed by atoms with Gasteiger partial charge in [0.15, 0.2) is 0 Å². The number of para-hydroxylation sites is 1. The van der Waals surface area contributed by atoms with Crippen LogP contribution in [0.15, 0.2) is 66.5 Å². The van der Waals surface area contributed by atoms with E-state index in [0.29, 0.717) is 5.56 Å². The van der Waals surface area contributed by atoms with Crippen LogP contribution < -0.4 is 10.6 Å². The van der Waals surface area contributed by atoms with E-state index in [9.17, 15) is 9.59 Å². The van der Waals surface area contributed by atoms with Gasteiger partial charge in [0.05, 0.1) is 0 Å². The van der Waals surface area contributed by atoms with Crippen LogP contribution in [0.25, 0.3) is 17.0 Å². The number of carbonyl (C=O) groups is 2. The normalized spacial score (nSPS) is 14.2. The lowest BCUT2D eigenvalue weighted by Crippen LogP contribution is -2.35. The molecule has 1 aliphatic carbocycles. The second-order valence-corrected chi connectivity index (χ2v) is 6.42. The van der Waals surface area contributed by atoms with E-state index in [-0.39, 0.29) is 23.6 Å². The molecule has 0 aliphatic heterocycles. The third-order valence-corrected chi connectivity index (χ3v) is 4.36. The number of amides is 2. The first kappa shape index (κ1) is 16.1. The number of nitrogens with one attached hydrogen (secondary N) is 3. The van der Waals surface area contributed by atoms with Crippen molar-refractivity contribution < 1.29 is 9.59 Å². The first-order valence-corrected chi connectivity index (χ1v) is 8.66. The van der Waals surface area contributed by atoms with Gasteiger partial charge < -0.3 is 15.6 Å². The lowest BCUT2D eigenvalue weighted by atomic mass is 10.1. The van der Waals surface area contributed by atoms with Crippen molar-refractivity contribution in [2.45, 2.75) is 18.9 Å². The summed E-state index contributed by atoms with van der Waals surface area (Å²) < 4.78 is 0. The molecule has 5 nitrogen and oxygen atoms in total. The molecule has 0 radical (unpaired) electrons. The summed E-state index contributed by atoms with van der Waals surface area (Å²) in [4.78, 5) is 28.3. The smallest absolute Gasteiger partial charge is 0.268 e. The molecule has 0 spiro atoms. The van der Waals surface area contributed by atoms with Crippen molar-refractivity contribution in [1.82, 2.24) is 15.6 Å². The molecule has 2 aromatic carbocycles. The molecule has 1 aliphatic rings. The van der Waals surface area contributed by atoms with Gasteiger partial charge in [-0.1, -0.05) is 36.4 Å². The number of H-pyrrole nitrogens is 1. The zero-order valence-electron chi connectivity index (χ0n) is 14.2. The third-order valence-electron chi connectivity index (χ3n) is 4.36. The summed E-state index contributed by atoms with van der Waals surface area (Å²) in [6.45, 7) is 0. The molecular formula is C21H19N3O2. The molecular weight excluding hydrogens is 326 g/mol. The lowest BCUT2D eigenvalue weighted by Gasteiger charge is -2.10. The summed E-state index contributed by atoms with van der Waals surface area (Å²) in [5, 5.41) is 6.70. The van der Waals surface area contributed by atoms with Crippen molar-refractivity contribution in [3.8, 4) is 0 Å². The monoisotopic (exact) mass is 345 g/mol. The first-order valence-electron chi connectivity index (χ1n) is 8.66. The fourth-order valence-corrected chi connectivity index (χ4v) is 2.80. The highest BCUT2D eigenvalue weighted by molar-refractivity contribution is 6.06. The Morgan fingerprint density at radius 1 is 1.00 bits per heavy atom. The van der Waals surface area contributed by atoms with Gasteiger partial charge in [-0.25, -0.2) is 0 Å². The molecule has 3 aromatic rings. The largest absolute Gasteiger partial charge is 0.361 e. The minimum Gasteiger partial charge on any atom is -0.361 e. The van der Waals surface area contributed by atoms with E-state index >= 15 is 0 Å². The van der Waals surface area contributed by atoms with Crippen LogP contribution in [-0.2, 0) is 4.79 Å². The predicted molar refractivity (Wildman–Crippen MR) is 101 cm³/mol. The first-order chi connectivity index (χ1) is 12.7. The summed E-state index contributed by atoms with van der Waals surface area (Å²) in [5.74, 6) is -0.565. The fraction of sp³-hybridized carbons (Fsp3) is 0.143. The third kappa shape index (κ3) is 3.52. The van der Waals surface area contributed by atoms with Crippen LogP contribution in [-0.4, -0.2) is 22.8 Å². The minimum absolute atomic E-state index is 0.211. The number of aromatic amines is 1. The van der Waals surface area contributed by atoms with Crippen molar-refractivity contribution in [3.05, 3.63) is 77.6 Å². The van der Waals surface area contributed by atoms with E-state index in [1.54, 1.807) is 30.3 Å². The molecule has 1 heterocycles. The van der Waals surface area contributed by atoms with Crippen LogP contribution in [0.3, 0.4) is 0 Å². The number of hydrogen-bond acceptors (Lipinski definition) is 2. The van der Waals surface area contributed by atoms with Gasteiger partial charge in [-0.05, 0) is 37.1 Å². The van der Waals surface area contributed by atoms with Gasteiger partial charge in [0.2, 0.25) is 0 Å². The predicted octanol–water partition coefficient (Wildman–Crippen LogP) is 3.22. The topological polar surface area (TPSA) is 74.0 Å². The number of aromatic nitrogens is 1. The fourth-order valence-electron chi connectivity index (χ4n) is 2.80. The average molecular weight is 345 g/mol. The Balaban J connectivity index is 1.66. The maximum absolute atomic E-state index is 12.6. The highest BCUT2D eigenvalue weighted by atomic mass is 16.2. The van der Waals surface area contributed by atoms with Gasteiger partial charge in [0.25, 0.3) is 11.8 Å². The van der Waals surface area contributed by atoms with E-state index in [2.05, 4.69) is 15.6 Å². The van der Waals surface area contributed by atoms with Gasteiger partial charge in [0, 0.05) is 34.3 Å². The minimum atomic E-state index is -0.303. The zero-order valence-corrected chi connectivity index (χ0v) is 14.2. The molecule has 1 saturated carbocycles. The van der Waals surface area contributed by atoms with Gasteiger partial charge in [-0.3, -0.25) is 9.59 Å². The quantitative estimate of drug-likeness (QED) is 0.621. The van der Waals surface area contributed by atoms with E-state index < -0.39 is 0 Å². The molecule has 3 N–H and O–H groups in total. The molecule has 2 amide bonds. The summed E-state index contributed by atoms with van der Waals surface area (Å²) in [6, 6.07) is 16.9. The molecule has 1 aromatic heterocycles. The van der Waals surface area contributed by atoms with Crippen molar-refractivity contribution in [2.75, 3.05) is 0 Å². The molecule has 0 bridgehead atoms. The maximum Gasteiger partial charge on any atom is 0.268 e. The SMILES string of the molecule is O=C(NC1CC1)/C(=C/c1c[nH]c2ccccc12)NC(=O)c1ccccc1. The summed E-state index contributed by atoms with van der Waals surface area (Å²) in [7, 11) is 0.